The van der Waals surface area contributed by atoms with E-state index in [2.05, 4.69) is 5.32 Å². The standard InChI is InChI=1S/C31H31ClN4O5/c1-34(18-27(38)22-5-3-2-4-6-22)16-21-13-24-29-26(14-21)36(11-12-37)28(39)19-35(29)17-25(30(24)40)31(41)33-15-20-7-9-23(32)10-8-20/h2-10,13-14,17,27,37-38H,11-12,15-16,18-19H2,1H3,(H,33,41)/t27-/m1/s1. The van der Waals surface area contributed by atoms with Gasteiger partial charge in [-0.15, -0.1) is 0 Å². The molecule has 41 heavy (non-hydrogen) atoms. The van der Waals surface area contributed by atoms with E-state index in [1.807, 2.05) is 48.3 Å². The number of anilines is 1. The first-order chi connectivity index (χ1) is 19.7. The molecule has 9 nitrogen and oxygen atoms in total. The molecule has 0 unspecified atom stereocenters. The van der Waals surface area contributed by atoms with Gasteiger partial charge in [-0.3, -0.25) is 19.3 Å². The third kappa shape index (κ3) is 6.18. The van der Waals surface area contributed by atoms with Crippen LogP contribution in [0.4, 0.5) is 5.69 Å². The van der Waals surface area contributed by atoms with Crippen LogP contribution in [0.15, 0.2) is 77.7 Å². The molecule has 0 saturated carbocycles. The molecule has 4 aromatic rings. The van der Waals surface area contributed by atoms with Gasteiger partial charge >= 0.3 is 0 Å². The van der Waals surface area contributed by atoms with E-state index in [0.717, 1.165) is 16.7 Å². The number of amides is 2. The second-order valence-electron chi connectivity index (χ2n) is 10.2. The van der Waals surface area contributed by atoms with Crippen LogP contribution < -0.4 is 15.6 Å². The summed E-state index contributed by atoms with van der Waals surface area (Å²) in [4.78, 5) is 43.4. The Bertz CT molecular complexity index is 1640. The summed E-state index contributed by atoms with van der Waals surface area (Å²) in [6, 6.07) is 19.9. The summed E-state index contributed by atoms with van der Waals surface area (Å²) >= 11 is 5.95. The van der Waals surface area contributed by atoms with Crippen LogP contribution in [0, 0.1) is 0 Å². The number of hydrogen-bond donors (Lipinski definition) is 3. The predicted octanol–water partition coefficient (Wildman–Crippen LogP) is 3.09. The molecular formula is C31H31ClN4O5. The van der Waals surface area contributed by atoms with E-state index in [4.69, 9.17) is 11.6 Å². The highest BCUT2D eigenvalue weighted by Gasteiger charge is 2.28. The number of benzene rings is 3. The van der Waals surface area contributed by atoms with Crippen molar-refractivity contribution < 1.29 is 19.8 Å². The second-order valence-corrected chi connectivity index (χ2v) is 10.6. The maximum absolute atomic E-state index is 13.7. The van der Waals surface area contributed by atoms with E-state index in [0.29, 0.717) is 34.7 Å². The molecule has 0 radical (unpaired) electrons. The van der Waals surface area contributed by atoms with E-state index in [9.17, 15) is 24.6 Å². The van der Waals surface area contributed by atoms with E-state index in [-0.39, 0.29) is 37.7 Å². The number of rotatable bonds is 10. The Hall–Kier alpha value is -4.02. The molecule has 0 bridgehead atoms. The summed E-state index contributed by atoms with van der Waals surface area (Å²) in [5, 5.41) is 24.0. The van der Waals surface area contributed by atoms with Crippen LogP contribution in [-0.4, -0.2) is 58.2 Å². The number of carbonyl (C=O) groups excluding carboxylic acids is 2. The van der Waals surface area contributed by atoms with Gasteiger partial charge in [-0.2, -0.15) is 0 Å². The first kappa shape index (κ1) is 28.5. The number of aliphatic hydroxyl groups excluding tert-OH is 2. The number of pyridine rings is 1. The van der Waals surface area contributed by atoms with Gasteiger partial charge in [0.05, 0.1) is 23.9 Å². The minimum Gasteiger partial charge on any atom is -0.395 e. The predicted molar refractivity (Wildman–Crippen MR) is 158 cm³/mol. The van der Waals surface area contributed by atoms with Gasteiger partial charge in [0.25, 0.3) is 5.91 Å². The van der Waals surface area contributed by atoms with Crippen LogP contribution in [0.5, 0.6) is 0 Å². The number of aliphatic hydroxyl groups is 2. The lowest BCUT2D eigenvalue weighted by molar-refractivity contribution is -0.119. The molecule has 0 aliphatic carbocycles. The number of halogens is 1. The van der Waals surface area contributed by atoms with Gasteiger partial charge in [-0.25, -0.2) is 0 Å². The van der Waals surface area contributed by atoms with Crippen molar-refractivity contribution in [2.24, 2.45) is 0 Å². The Morgan fingerprint density at radius 1 is 1.07 bits per heavy atom. The van der Waals surface area contributed by atoms with Crippen molar-refractivity contribution in [3.8, 4) is 0 Å². The average Bonchev–Trinajstić information content (AvgIpc) is 2.96. The summed E-state index contributed by atoms with van der Waals surface area (Å²) in [6.07, 6.45) is 0.724. The Balaban J connectivity index is 1.49. The van der Waals surface area contributed by atoms with Crippen molar-refractivity contribution in [3.05, 3.63) is 110 Å². The molecule has 0 saturated heterocycles. The zero-order valence-corrected chi connectivity index (χ0v) is 23.3. The van der Waals surface area contributed by atoms with Crippen molar-refractivity contribution in [3.63, 3.8) is 0 Å². The summed E-state index contributed by atoms with van der Waals surface area (Å²) in [6.45, 7) is 0.697. The molecule has 1 aliphatic heterocycles. The highest BCUT2D eigenvalue weighted by Crippen LogP contribution is 2.32. The van der Waals surface area contributed by atoms with Gasteiger partial charge in [0.1, 0.15) is 12.1 Å². The zero-order chi connectivity index (χ0) is 29.1. The lowest BCUT2D eigenvalue weighted by Gasteiger charge is -2.31. The van der Waals surface area contributed by atoms with Crippen molar-refractivity contribution in [1.82, 2.24) is 14.8 Å². The maximum Gasteiger partial charge on any atom is 0.257 e. The monoisotopic (exact) mass is 574 g/mol. The first-order valence-corrected chi connectivity index (χ1v) is 13.7. The second kappa shape index (κ2) is 12.2. The van der Waals surface area contributed by atoms with Crippen LogP contribution >= 0.6 is 11.6 Å². The maximum atomic E-state index is 13.7. The summed E-state index contributed by atoms with van der Waals surface area (Å²) in [7, 11) is 1.86. The highest BCUT2D eigenvalue weighted by molar-refractivity contribution is 6.30. The van der Waals surface area contributed by atoms with Crippen LogP contribution in [0.3, 0.4) is 0 Å². The number of nitrogens with one attached hydrogen (secondary N) is 1. The fourth-order valence-corrected chi connectivity index (χ4v) is 5.33. The van der Waals surface area contributed by atoms with Crippen LogP contribution in [0.1, 0.15) is 33.2 Å². The van der Waals surface area contributed by atoms with Crippen molar-refractivity contribution in [2.45, 2.75) is 25.7 Å². The minimum absolute atomic E-state index is 0.0640. The smallest absolute Gasteiger partial charge is 0.257 e. The Labute approximate surface area is 242 Å². The lowest BCUT2D eigenvalue weighted by Crippen LogP contribution is -2.41. The molecule has 3 aromatic carbocycles. The largest absolute Gasteiger partial charge is 0.395 e. The minimum atomic E-state index is -0.708. The number of β-amino-alcohol motifs (C(OH)–C–C–N with tert-alkyl or cyclic N) is 1. The molecular weight excluding hydrogens is 544 g/mol. The number of hydrogen-bond acceptors (Lipinski definition) is 6. The molecule has 212 valence electrons. The van der Waals surface area contributed by atoms with Crippen molar-refractivity contribution in [1.29, 1.82) is 0 Å². The number of nitrogens with zero attached hydrogens (tertiary/aromatic N) is 3. The van der Waals surface area contributed by atoms with Crippen LogP contribution in [0.25, 0.3) is 10.9 Å². The third-order valence-electron chi connectivity index (χ3n) is 7.16. The topological polar surface area (TPSA) is 115 Å². The molecule has 0 spiro atoms. The van der Waals surface area contributed by atoms with Gasteiger partial charge < -0.3 is 25.0 Å². The molecule has 2 heterocycles. The lowest BCUT2D eigenvalue weighted by atomic mass is 10.0. The van der Waals surface area contributed by atoms with E-state index in [1.54, 1.807) is 34.9 Å². The molecule has 1 atom stereocenters. The van der Waals surface area contributed by atoms with Gasteiger partial charge in [0.15, 0.2) is 0 Å². The molecule has 3 N–H and O–H groups in total. The van der Waals surface area contributed by atoms with Gasteiger partial charge in [0, 0.05) is 42.8 Å². The Morgan fingerprint density at radius 2 is 1.80 bits per heavy atom. The molecule has 10 heteroatoms. The van der Waals surface area contributed by atoms with Crippen LogP contribution in [-0.2, 0) is 24.4 Å². The molecule has 5 rings (SSSR count). The van der Waals surface area contributed by atoms with Crippen molar-refractivity contribution in [2.75, 3.05) is 31.6 Å². The fourth-order valence-electron chi connectivity index (χ4n) is 5.20. The summed E-state index contributed by atoms with van der Waals surface area (Å²) < 4.78 is 1.63. The summed E-state index contributed by atoms with van der Waals surface area (Å²) in [5.74, 6) is -0.801. The van der Waals surface area contributed by atoms with E-state index >= 15 is 0 Å². The molecule has 2 amide bonds. The third-order valence-corrected chi connectivity index (χ3v) is 7.42. The van der Waals surface area contributed by atoms with Gasteiger partial charge in [-0.1, -0.05) is 54.1 Å². The SMILES string of the molecule is CN(Cc1cc2c3c(c1)c(=O)c(C(=O)NCc1ccc(Cl)cc1)cn3CC(=O)N2CCO)C[C@@H](O)c1ccccc1. The Morgan fingerprint density at radius 3 is 2.51 bits per heavy atom. The summed E-state index contributed by atoms with van der Waals surface area (Å²) in [5.41, 5.74) is 2.88. The quantitative estimate of drug-likeness (QED) is 0.268. The number of likely N-dealkylation sites (N-methyl/N-ethyl adjacent to an activating group) is 1. The van der Waals surface area contributed by atoms with Crippen LogP contribution in [0.2, 0.25) is 5.02 Å². The first-order valence-electron chi connectivity index (χ1n) is 13.3. The molecule has 0 fully saturated rings. The highest BCUT2D eigenvalue weighted by atomic mass is 35.5. The number of carbonyl (C=O) groups is 2. The number of aromatic nitrogens is 1. The fraction of sp³-hybridized carbons (Fsp3) is 0.258. The van der Waals surface area contributed by atoms with Gasteiger partial charge in [0.2, 0.25) is 11.3 Å². The average molecular weight is 575 g/mol. The molecule has 1 aromatic heterocycles. The Kier molecular flexibility index (Phi) is 8.51. The van der Waals surface area contributed by atoms with E-state index in [1.165, 1.54) is 11.1 Å². The normalized spacial score (nSPS) is 13.6. The van der Waals surface area contributed by atoms with Crippen molar-refractivity contribution >= 4 is 40.0 Å². The molecule has 1 aliphatic rings. The van der Waals surface area contributed by atoms with Gasteiger partial charge in [-0.05, 0) is 48.0 Å². The zero-order valence-electron chi connectivity index (χ0n) is 22.6. The van der Waals surface area contributed by atoms with E-state index < -0.39 is 17.4 Å².